The van der Waals surface area contributed by atoms with Gasteiger partial charge in [-0.25, -0.2) is 0 Å². The van der Waals surface area contributed by atoms with Crippen molar-refractivity contribution in [2.45, 2.75) is 38.2 Å². The number of hydrogen-bond acceptors (Lipinski definition) is 2. The van der Waals surface area contributed by atoms with Crippen LogP contribution in [0.3, 0.4) is 0 Å². The number of hydrogen-bond donors (Lipinski definition) is 0. The molecule has 0 fully saturated rings. The highest BCUT2D eigenvalue weighted by molar-refractivity contribution is 5.83. The lowest BCUT2D eigenvalue weighted by atomic mass is 9.84. The minimum Gasteiger partial charge on any atom is -0.375 e. The van der Waals surface area contributed by atoms with E-state index in [1.807, 2.05) is 24.4 Å². The number of nitrogens with zero attached hydrogens (tertiary/aromatic N) is 1. The molecule has 3 aromatic carbocycles. The summed E-state index contributed by atoms with van der Waals surface area (Å²) in [5.41, 5.74) is 3.79. The average molecular weight is 396 g/mol. The molecular formula is C28H29NO. The van der Waals surface area contributed by atoms with Gasteiger partial charge in [0.2, 0.25) is 0 Å². The molecule has 2 nitrogen and oxygen atoms in total. The molecule has 0 amide bonds. The van der Waals surface area contributed by atoms with Crippen LogP contribution >= 0.6 is 0 Å². The van der Waals surface area contributed by atoms with E-state index < -0.39 is 0 Å². The van der Waals surface area contributed by atoms with Gasteiger partial charge in [-0.3, -0.25) is 4.98 Å². The summed E-state index contributed by atoms with van der Waals surface area (Å²) in [6.45, 7) is 3.65. The third-order valence-corrected chi connectivity index (χ3v) is 5.84. The molecule has 0 radical (unpaired) electrons. The highest BCUT2D eigenvalue weighted by Crippen LogP contribution is 2.33. The first-order valence-electron chi connectivity index (χ1n) is 10.8. The van der Waals surface area contributed by atoms with Crippen LogP contribution in [0.2, 0.25) is 0 Å². The van der Waals surface area contributed by atoms with E-state index in [4.69, 9.17) is 4.74 Å². The molecule has 1 aromatic heterocycles. The summed E-state index contributed by atoms with van der Waals surface area (Å²) < 4.78 is 5.95. The first-order chi connectivity index (χ1) is 14.8. The smallest absolute Gasteiger partial charge is 0.0887 e. The van der Waals surface area contributed by atoms with Gasteiger partial charge in [-0.2, -0.15) is 0 Å². The fourth-order valence-corrected chi connectivity index (χ4v) is 4.11. The molecule has 0 N–H and O–H groups in total. The van der Waals surface area contributed by atoms with Crippen molar-refractivity contribution in [2.75, 3.05) is 6.61 Å². The van der Waals surface area contributed by atoms with Gasteiger partial charge in [-0.05, 0) is 58.7 Å². The Bertz CT molecular complexity index is 1050. The Kier molecular flexibility index (Phi) is 6.89. The Labute approximate surface area is 179 Å². The van der Waals surface area contributed by atoms with Crippen LogP contribution < -0.4 is 0 Å². The van der Waals surface area contributed by atoms with E-state index in [0.717, 1.165) is 25.1 Å². The predicted molar refractivity (Wildman–Crippen MR) is 125 cm³/mol. The quantitative estimate of drug-likeness (QED) is 0.281. The molecule has 4 rings (SSSR count). The van der Waals surface area contributed by atoms with Gasteiger partial charge in [0.1, 0.15) is 0 Å². The van der Waals surface area contributed by atoms with E-state index in [9.17, 15) is 0 Å². The highest BCUT2D eigenvalue weighted by Gasteiger charge is 2.17. The fraction of sp³-hybridized carbons (Fsp3) is 0.250. The predicted octanol–water partition coefficient (Wildman–Crippen LogP) is 7.12. The maximum absolute atomic E-state index is 5.95. The number of benzene rings is 3. The van der Waals surface area contributed by atoms with E-state index in [1.165, 1.54) is 21.9 Å². The third kappa shape index (κ3) is 5.34. The van der Waals surface area contributed by atoms with E-state index >= 15 is 0 Å². The summed E-state index contributed by atoms with van der Waals surface area (Å²) in [6.07, 6.45) is 3.93. The van der Waals surface area contributed by atoms with Crippen LogP contribution in [-0.4, -0.2) is 11.6 Å². The molecular weight excluding hydrogens is 366 g/mol. The summed E-state index contributed by atoms with van der Waals surface area (Å²) in [4.78, 5) is 4.34. The normalized spacial score (nSPS) is 13.2. The second-order valence-electron chi connectivity index (χ2n) is 8.01. The Morgan fingerprint density at radius 3 is 2.33 bits per heavy atom. The van der Waals surface area contributed by atoms with Gasteiger partial charge >= 0.3 is 0 Å². The molecule has 0 bridgehead atoms. The number of ether oxygens (including phenoxy) is 1. The fourth-order valence-electron chi connectivity index (χ4n) is 4.11. The first kappa shape index (κ1) is 20.3. The zero-order chi connectivity index (χ0) is 20.6. The van der Waals surface area contributed by atoms with E-state index in [-0.39, 0.29) is 0 Å². The Morgan fingerprint density at radius 1 is 0.767 bits per heavy atom. The van der Waals surface area contributed by atoms with E-state index in [0.29, 0.717) is 18.4 Å². The standard InChI is InChI=1S/C28H29NO/c1-22(25-15-14-24-11-5-6-12-26(24)20-25)19-27(23-9-3-2-4-10-23)16-18-30-21-28-13-7-8-17-29-28/h2-15,17,20,22,27H,16,18-19,21H2,1H3/t22-,27-/m0/s1. The molecule has 4 aromatic rings. The van der Waals surface area contributed by atoms with Crippen LogP contribution in [0.5, 0.6) is 0 Å². The summed E-state index contributed by atoms with van der Waals surface area (Å²) in [7, 11) is 0. The molecule has 152 valence electrons. The van der Waals surface area contributed by atoms with Crippen molar-refractivity contribution >= 4 is 10.8 Å². The van der Waals surface area contributed by atoms with E-state index in [1.54, 1.807) is 0 Å². The van der Waals surface area contributed by atoms with Crippen molar-refractivity contribution in [1.82, 2.24) is 4.98 Å². The Hall–Kier alpha value is -2.97. The third-order valence-electron chi connectivity index (χ3n) is 5.84. The van der Waals surface area contributed by atoms with Crippen LogP contribution in [0, 0.1) is 0 Å². The SMILES string of the molecule is C[C@@H](C[C@H](CCOCc1ccccn1)c1ccccc1)c1ccc2ccccc2c1. The second kappa shape index (κ2) is 10.2. The van der Waals surface area contributed by atoms with Crippen molar-refractivity contribution in [3.63, 3.8) is 0 Å². The molecule has 0 aliphatic heterocycles. The zero-order valence-electron chi connectivity index (χ0n) is 17.6. The minimum absolute atomic E-state index is 0.469. The van der Waals surface area contributed by atoms with Gasteiger partial charge < -0.3 is 4.74 Å². The summed E-state index contributed by atoms with van der Waals surface area (Å²) in [5, 5.41) is 2.62. The molecule has 30 heavy (non-hydrogen) atoms. The average Bonchev–Trinajstić information content (AvgIpc) is 2.82. The maximum atomic E-state index is 5.95. The van der Waals surface area contributed by atoms with Gasteiger partial charge in [0.25, 0.3) is 0 Å². The number of rotatable bonds is 9. The number of pyridine rings is 1. The lowest BCUT2D eigenvalue weighted by Crippen LogP contribution is -2.08. The Morgan fingerprint density at radius 2 is 1.53 bits per heavy atom. The van der Waals surface area contributed by atoms with Gasteiger partial charge in [0.05, 0.1) is 12.3 Å². The lowest BCUT2D eigenvalue weighted by Gasteiger charge is -2.22. The molecule has 0 unspecified atom stereocenters. The van der Waals surface area contributed by atoms with E-state index in [2.05, 4.69) is 84.7 Å². The van der Waals surface area contributed by atoms with Crippen LogP contribution in [0.1, 0.15) is 48.4 Å². The molecule has 0 saturated heterocycles. The molecule has 0 spiro atoms. The van der Waals surface area contributed by atoms with Crippen LogP contribution in [0.15, 0.2) is 97.2 Å². The van der Waals surface area contributed by atoms with Crippen molar-refractivity contribution in [3.8, 4) is 0 Å². The first-order valence-corrected chi connectivity index (χ1v) is 10.8. The van der Waals surface area contributed by atoms with Gasteiger partial charge in [-0.1, -0.05) is 85.8 Å². The monoisotopic (exact) mass is 395 g/mol. The van der Waals surface area contributed by atoms with Gasteiger partial charge in [-0.15, -0.1) is 0 Å². The molecule has 0 aliphatic rings. The van der Waals surface area contributed by atoms with Gasteiger partial charge in [0.15, 0.2) is 0 Å². The number of aromatic nitrogens is 1. The summed E-state index contributed by atoms with van der Waals surface area (Å²) in [5.74, 6) is 0.951. The summed E-state index contributed by atoms with van der Waals surface area (Å²) in [6, 6.07) is 32.3. The van der Waals surface area contributed by atoms with Crippen molar-refractivity contribution in [3.05, 3.63) is 114 Å². The number of fused-ring (bicyclic) bond motifs is 1. The molecule has 2 heteroatoms. The van der Waals surface area contributed by atoms with Crippen molar-refractivity contribution in [2.24, 2.45) is 0 Å². The molecule has 0 saturated carbocycles. The summed E-state index contributed by atoms with van der Waals surface area (Å²) >= 11 is 0. The zero-order valence-corrected chi connectivity index (χ0v) is 17.6. The van der Waals surface area contributed by atoms with Gasteiger partial charge in [0, 0.05) is 12.8 Å². The molecule has 1 heterocycles. The Balaban J connectivity index is 1.42. The van der Waals surface area contributed by atoms with Crippen molar-refractivity contribution < 1.29 is 4.74 Å². The highest BCUT2D eigenvalue weighted by atomic mass is 16.5. The largest absolute Gasteiger partial charge is 0.375 e. The topological polar surface area (TPSA) is 22.1 Å². The molecule has 2 atom stereocenters. The van der Waals surface area contributed by atoms with Crippen molar-refractivity contribution in [1.29, 1.82) is 0 Å². The van der Waals surface area contributed by atoms with Crippen LogP contribution in [-0.2, 0) is 11.3 Å². The second-order valence-corrected chi connectivity index (χ2v) is 8.01. The lowest BCUT2D eigenvalue weighted by molar-refractivity contribution is 0.110. The van der Waals surface area contributed by atoms with Crippen LogP contribution in [0.4, 0.5) is 0 Å². The minimum atomic E-state index is 0.469. The van der Waals surface area contributed by atoms with Crippen LogP contribution in [0.25, 0.3) is 10.8 Å². The maximum Gasteiger partial charge on any atom is 0.0887 e. The molecule has 0 aliphatic carbocycles.